The van der Waals surface area contributed by atoms with E-state index in [-0.39, 0.29) is 17.9 Å². The van der Waals surface area contributed by atoms with Crippen LogP contribution in [0.25, 0.3) is 5.57 Å². The van der Waals surface area contributed by atoms with Gasteiger partial charge < -0.3 is 10.5 Å². The average Bonchev–Trinajstić information content (AvgIpc) is 2.15. The van der Waals surface area contributed by atoms with Crippen molar-refractivity contribution in [1.29, 1.82) is 0 Å². The Morgan fingerprint density at radius 1 is 1.50 bits per heavy atom. The first-order chi connectivity index (χ1) is 6.60. The zero-order chi connectivity index (χ0) is 10.7. The first-order valence-electron chi connectivity index (χ1n) is 4.01. The molecular formula is C10H11F2NO. The predicted molar refractivity (Wildman–Crippen MR) is 51.0 cm³/mol. The van der Waals surface area contributed by atoms with Gasteiger partial charge in [0.15, 0.2) is 11.6 Å². The van der Waals surface area contributed by atoms with Gasteiger partial charge in [-0.25, -0.2) is 8.78 Å². The van der Waals surface area contributed by atoms with E-state index in [1.165, 1.54) is 7.11 Å². The molecule has 4 heteroatoms. The lowest BCUT2D eigenvalue weighted by Gasteiger charge is -2.10. The van der Waals surface area contributed by atoms with Crippen molar-refractivity contribution in [3.8, 4) is 5.75 Å². The van der Waals surface area contributed by atoms with Gasteiger partial charge in [-0.15, -0.1) is 0 Å². The van der Waals surface area contributed by atoms with E-state index in [4.69, 9.17) is 10.5 Å². The second-order valence-electron chi connectivity index (χ2n) is 2.78. The predicted octanol–water partition coefficient (Wildman–Crippen LogP) is 1.95. The Kier molecular flexibility index (Phi) is 3.19. The lowest BCUT2D eigenvalue weighted by molar-refractivity contribution is 0.382. The molecule has 14 heavy (non-hydrogen) atoms. The highest BCUT2D eigenvalue weighted by atomic mass is 19.1. The molecular weight excluding hydrogens is 188 g/mol. The molecule has 1 rings (SSSR count). The fourth-order valence-electron chi connectivity index (χ4n) is 1.14. The summed E-state index contributed by atoms with van der Waals surface area (Å²) >= 11 is 0. The van der Waals surface area contributed by atoms with Crippen LogP contribution in [0.2, 0.25) is 0 Å². The maximum absolute atomic E-state index is 13.2. The quantitative estimate of drug-likeness (QED) is 0.807. The Labute approximate surface area is 81.0 Å². The Bertz CT molecular complexity index is 363. The molecule has 0 aromatic heterocycles. The summed E-state index contributed by atoms with van der Waals surface area (Å²) in [4.78, 5) is 0. The zero-order valence-electron chi connectivity index (χ0n) is 7.81. The molecule has 0 spiro atoms. The lowest BCUT2D eigenvalue weighted by atomic mass is 10.1. The van der Waals surface area contributed by atoms with Crippen LogP contribution >= 0.6 is 0 Å². The summed E-state index contributed by atoms with van der Waals surface area (Å²) in [5.74, 6) is -1.45. The highest BCUT2D eigenvalue weighted by Gasteiger charge is 2.13. The molecule has 0 aliphatic heterocycles. The van der Waals surface area contributed by atoms with E-state index in [1.807, 2.05) is 0 Å². The molecule has 76 valence electrons. The van der Waals surface area contributed by atoms with Crippen molar-refractivity contribution >= 4 is 5.57 Å². The van der Waals surface area contributed by atoms with Crippen molar-refractivity contribution in [3.63, 3.8) is 0 Å². The van der Waals surface area contributed by atoms with E-state index in [2.05, 4.69) is 6.58 Å². The first kappa shape index (κ1) is 10.7. The molecule has 1 aromatic carbocycles. The Hall–Kier alpha value is -1.42. The number of hydrogen-bond acceptors (Lipinski definition) is 2. The maximum atomic E-state index is 13.2. The zero-order valence-corrected chi connectivity index (χ0v) is 7.81. The minimum Gasteiger partial charge on any atom is -0.493 e. The van der Waals surface area contributed by atoms with Gasteiger partial charge in [-0.3, -0.25) is 0 Å². The van der Waals surface area contributed by atoms with Crippen LogP contribution in [-0.2, 0) is 0 Å². The van der Waals surface area contributed by atoms with Crippen LogP contribution in [0.5, 0.6) is 5.75 Å². The lowest BCUT2D eigenvalue weighted by Crippen LogP contribution is -2.04. The maximum Gasteiger partial charge on any atom is 0.168 e. The van der Waals surface area contributed by atoms with Gasteiger partial charge in [-0.2, -0.15) is 0 Å². The van der Waals surface area contributed by atoms with Gasteiger partial charge in [0.2, 0.25) is 0 Å². The third kappa shape index (κ3) is 1.90. The molecule has 2 N–H and O–H groups in total. The number of benzene rings is 1. The molecule has 0 saturated carbocycles. The highest BCUT2D eigenvalue weighted by molar-refractivity contribution is 5.70. The van der Waals surface area contributed by atoms with E-state index in [0.717, 1.165) is 12.1 Å². The third-order valence-corrected chi connectivity index (χ3v) is 1.84. The van der Waals surface area contributed by atoms with Crippen molar-refractivity contribution < 1.29 is 13.5 Å². The second-order valence-corrected chi connectivity index (χ2v) is 2.78. The molecule has 0 aliphatic rings. The summed E-state index contributed by atoms with van der Waals surface area (Å²) in [6.45, 7) is 3.72. The summed E-state index contributed by atoms with van der Waals surface area (Å²) in [5.41, 5.74) is 6.03. The van der Waals surface area contributed by atoms with Crippen LogP contribution < -0.4 is 10.5 Å². The molecule has 0 unspecified atom stereocenters. The van der Waals surface area contributed by atoms with Crippen LogP contribution in [-0.4, -0.2) is 13.7 Å². The van der Waals surface area contributed by atoms with Crippen LogP contribution in [0.4, 0.5) is 8.78 Å². The molecule has 2 nitrogen and oxygen atoms in total. The number of hydrogen-bond donors (Lipinski definition) is 1. The SMILES string of the molecule is C=C(CN)c1cc(F)cc(F)c1OC. The van der Waals surface area contributed by atoms with Gasteiger partial charge in [0.25, 0.3) is 0 Å². The molecule has 0 heterocycles. The molecule has 0 amide bonds. The van der Waals surface area contributed by atoms with Gasteiger partial charge in [0, 0.05) is 18.2 Å². The van der Waals surface area contributed by atoms with Crippen LogP contribution in [0.15, 0.2) is 18.7 Å². The van der Waals surface area contributed by atoms with Gasteiger partial charge >= 0.3 is 0 Å². The summed E-state index contributed by atoms with van der Waals surface area (Å²) < 4.78 is 30.8. The summed E-state index contributed by atoms with van der Waals surface area (Å²) in [7, 11) is 1.31. The van der Waals surface area contributed by atoms with Crippen molar-refractivity contribution in [2.24, 2.45) is 5.73 Å². The number of ether oxygens (including phenoxy) is 1. The van der Waals surface area contributed by atoms with Gasteiger partial charge in [-0.1, -0.05) is 6.58 Å². The van der Waals surface area contributed by atoms with Crippen molar-refractivity contribution in [1.82, 2.24) is 0 Å². The smallest absolute Gasteiger partial charge is 0.168 e. The summed E-state index contributed by atoms with van der Waals surface area (Å²) in [6, 6.07) is 1.91. The monoisotopic (exact) mass is 199 g/mol. The largest absolute Gasteiger partial charge is 0.493 e. The topological polar surface area (TPSA) is 35.2 Å². The van der Waals surface area contributed by atoms with E-state index in [1.54, 1.807) is 0 Å². The second kappa shape index (κ2) is 4.19. The Balaban J connectivity index is 3.32. The van der Waals surface area contributed by atoms with Crippen molar-refractivity contribution in [3.05, 3.63) is 35.9 Å². The first-order valence-corrected chi connectivity index (χ1v) is 4.01. The average molecular weight is 199 g/mol. The Morgan fingerprint density at radius 2 is 2.14 bits per heavy atom. The normalized spacial score (nSPS) is 10.0. The van der Waals surface area contributed by atoms with Gasteiger partial charge in [-0.05, 0) is 11.6 Å². The van der Waals surface area contributed by atoms with Crippen molar-refractivity contribution in [2.75, 3.05) is 13.7 Å². The molecule has 0 radical (unpaired) electrons. The fraction of sp³-hybridized carbons (Fsp3) is 0.200. The number of methoxy groups -OCH3 is 1. The van der Waals surface area contributed by atoms with Crippen LogP contribution in [0.1, 0.15) is 5.56 Å². The molecule has 0 bridgehead atoms. The molecule has 0 aliphatic carbocycles. The molecule has 0 atom stereocenters. The minimum atomic E-state index is -0.753. The number of halogens is 2. The van der Waals surface area contributed by atoms with E-state index >= 15 is 0 Å². The van der Waals surface area contributed by atoms with E-state index in [9.17, 15) is 8.78 Å². The van der Waals surface area contributed by atoms with E-state index in [0.29, 0.717) is 5.57 Å². The van der Waals surface area contributed by atoms with Crippen LogP contribution in [0, 0.1) is 11.6 Å². The fourth-order valence-corrected chi connectivity index (χ4v) is 1.14. The standard InChI is InChI=1S/C10H11F2NO/c1-6(5-13)8-3-7(11)4-9(12)10(8)14-2/h3-4H,1,5,13H2,2H3. The molecule has 0 fully saturated rings. The van der Waals surface area contributed by atoms with E-state index < -0.39 is 11.6 Å². The summed E-state index contributed by atoms with van der Waals surface area (Å²) in [5, 5.41) is 0. The Morgan fingerprint density at radius 3 is 2.64 bits per heavy atom. The molecule has 1 aromatic rings. The molecule has 0 saturated heterocycles. The van der Waals surface area contributed by atoms with Crippen LogP contribution in [0.3, 0.4) is 0 Å². The van der Waals surface area contributed by atoms with Gasteiger partial charge in [0.05, 0.1) is 7.11 Å². The highest BCUT2D eigenvalue weighted by Crippen LogP contribution is 2.28. The van der Waals surface area contributed by atoms with Crippen molar-refractivity contribution in [2.45, 2.75) is 0 Å². The third-order valence-electron chi connectivity index (χ3n) is 1.84. The minimum absolute atomic E-state index is 0.0261. The summed E-state index contributed by atoms with van der Waals surface area (Å²) in [6.07, 6.45) is 0. The number of rotatable bonds is 3. The number of nitrogens with two attached hydrogens (primary N) is 1. The van der Waals surface area contributed by atoms with Gasteiger partial charge in [0.1, 0.15) is 5.82 Å².